The Morgan fingerprint density at radius 1 is 1.36 bits per heavy atom. The lowest BCUT2D eigenvalue weighted by atomic mass is 10.1. The van der Waals surface area contributed by atoms with E-state index in [-0.39, 0.29) is 16.7 Å². The quantitative estimate of drug-likeness (QED) is 0.532. The summed E-state index contributed by atoms with van der Waals surface area (Å²) >= 11 is 2.73. The second-order valence-electron chi connectivity index (χ2n) is 6.11. The van der Waals surface area contributed by atoms with Crippen LogP contribution in [0, 0.1) is 0 Å². The minimum Gasteiger partial charge on any atom is -0.352 e. The van der Waals surface area contributed by atoms with Gasteiger partial charge in [0.05, 0.1) is 10.6 Å². The van der Waals surface area contributed by atoms with E-state index in [0.717, 1.165) is 24.0 Å². The van der Waals surface area contributed by atoms with Gasteiger partial charge in [0.2, 0.25) is 5.91 Å². The lowest BCUT2D eigenvalue weighted by molar-refractivity contribution is -0.120. The third kappa shape index (κ3) is 3.48. The van der Waals surface area contributed by atoms with E-state index in [9.17, 15) is 9.59 Å². The largest absolute Gasteiger partial charge is 0.352 e. The first-order valence-electron chi connectivity index (χ1n) is 8.16. The molecule has 2 aromatic heterocycles. The van der Waals surface area contributed by atoms with Crippen molar-refractivity contribution >= 4 is 39.2 Å². The number of amides is 1. The first-order chi connectivity index (χ1) is 12.1. The van der Waals surface area contributed by atoms with E-state index in [2.05, 4.69) is 15.3 Å². The topological polar surface area (TPSA) is 74.8 Å². The van der Waals surface area contributed by atoms with Gasteiger partial charge >= 0.3 is 0 Å². The summed E-state index contributed by atoms with van der Waals surface area (Å²) in [6.45, 7) is 1.83. The van der Waals surface area contributed by atoms with Crippen LogP contribution in [0.15, 0.2) is 45.7 Å². The number of carbonyl (C=O) groups excluding carboxylic acids is 1. The Hall–Kier alpha value is -2.12. The van der Waals surface area contributed by atoms with Gasteiger partial charge in [-0.05, 0) is 25.3 Å². The van der Waals surface area contributed by atoms with Gasteiger partial charge in [-0.3, -0.25) is 9.59 Å². The molecule has 4 rings (SSSR count). The predicted octanol–water partition coefficient (Wildman–Crippen LogP) is 3.41. The van der Waals surface area contributed by atoms with Gasteiger partial charge in [-0.25, -0.2) is 4.98 Å². The number of nitrogens with one attached hydrogen (secondary N) is 2. The van der Waals surface area contributed by atoms with Crippen LogP contribution in [0.3, 0.4) is 0 Å². The molecule has 1 unspecified atom stereocenters. The fourth-order valence-electron chi connectivity index (χ4n) is 2.58. The number of thioether (sulfide) groups is 1. The van der Waals surface area contributed by atoms with Crippen molar-refractivity contribution in [2.45, 2.75) is 36.2 Å². The molecule has 0 spiro atoms. The number of hydrogen-bond donors (Lipinski definition) is 2. The number of thiophene rings is 1. The number of hydrogen-bond acceptors (Lipinski definition) is 5. The van der Waals surface area contributed by atoms with E-state index in [4.69, 9.17) is 0 Å². The minimum atomic E-state index is -0.297. The summed E-state index contributed by atoms with van der Waals surface area (Å²) in [5, 5.41) is 5.73. The Bertz CT molecular complexity index is 977. The maximum absolute atomic E-state index is 12.6. The highest BCUT2D eigenvalue weighted by atomic mass is 32.2. The molecule has 5 nitrogen and oxygen atoms in total. The molecule has 1 fully saturated rings. The second kappa shape index (κ2) is 6.65. The first kappa shape index (κ1) is 16.4. The van der Waals surface area contributed by atoms with E-state index in [1.54, 1.807) is 0 Å². The van der Waals surface area contributed by atoms with Gasteiger partial charge in [-0.1, -0.05) is 42.1 Å². The third-order valence-electron chi connectivity index (χ3n) is 4.09. The number of aromatic amines is 1. The maximum atomic E-state index is 12.6. The second-order valence-corrected chi connectivity index (χ2v) is 8.30. The molecule has 128 valence electrons. The SMILES string of the molecule is CC(Sc1nc2scc(-c3ccccc3)c2c(=O)[nH]1)C(=O)NC1CC1. The predicted molar refractivity (Wildman–Crippen MR) is 102 cm³/mol. The highest BCUT2D eigenvalue weighted by Crippen LogP contribution is 2.32. The molecule has 2 N–H and O–H groups in total. The molecule has 1 aromatic carbocycles. The monoisotopic (exact) mass is 371 g/mol. The number of H-pyrrole nitrogens is 1. The van der Waals surface area contributed by atoms with Crippen LogP contribution in [0.25, 0.3) is 21.3 Å². The molecule has 0 aliphatic heterocycles. The minimum absolute atomic E-state index is 0.00796. The zero-order valence-electron chi connectivity index (χ0n) is 13.6. The molecule has 0 radical (unpaired) electrons. The lowest BCUT2D eigenvalue weighted by Crippen LogP contribution is -2.32. The molecule has 0 saturated heterocycles. The normalized spacial score (nSPS) is 15.2. The summed E-state index contributed by atoms with van der Waals surface area (Å²) < 4.78 is 0. The van der Waals surface area contributed by atoms with Crippen molar-refractivity contribution in [3.05, 3.63) is 46.1 Å². The molecule has 3 aromatic rings. The number of aromatic nitrogens is 2. The fraction of sp³-hybridized carbons (Fsp3) is 0.278. The highest BCUT2D eigenvalue weighted by molar-refractivity contribution is 8.00. The summed E-state index contributed by atoms with van der Waals surface area (Å²) in [7, 11) is 0. The summed E-state index contributed by atoms with van der Waals surface area (Å²) in [6.07, 6.45) is 2.11. The average Bonchev–Trinajstić information content (AvgIpc) is 3.31. The Labute approximate surface area is 152 Å². The average molecular weight is 371 g/mol. The molecule has 1 aliphatic carbocycles. The lowest BCUT2D eigenvalue weighted by Gasteiger charge is -2.10. The molecule has 2 heterocycles. The Morgan fingerprint density at radius 2 is 2.12 bits per heavy atom. The Kier molecular flexibility index (Phi) is 4.35. The van der Waals surface area contributed by atoms with Crippen molar-refractivity contribution < 1.29 is 4.79 Å². The van der Waals surface area contributed by atoms with Crippen molar-refractivity contribution in [3.63, 3.8) is 0 Å². The number of nitrogens with zero attached hydrogens (tertiary/aromatic N) is 1. The van der Waals surface area contributed by atoms with Crippen LogP contribution in [0.4, 0.5) is 0 Å². The smallest absolute Gasteiger partial charge is 0.260 e. The van der Waals surface area contributed by atoms with Gasteiger partial charge < -0.3 is 10.3 Å². The van der Waals surface area contributed by atoms with Crippen molar-refractivity contribution in [1.82, 2.24) is 15.3 Å². The van der Waals surface area contributed by atoms with Gasteiger partial charge in [0, 0.05) is 17.0 Å². The van der Waals surface area contributed by atoms with Crippen molar-refractivity contribution in [1.29, 1.82) is 0 Å². The molecule has 1 saturated carbocycles. The van der Waals surface area contributed by atoms with Crippen LogP contribution in [-0.2, 0) is 4.79 Å². The molecule has 7 heteroatoms. The molecular weight excluding hydrogens is 354 g/mol. The summed E-state index contributed by atoms with van der Waals surface area (Å²) in [5.41, 5.74) is 1.73. The fourth-order valence-corrected chi connectivity index (χ4v) is 4.39. The summed E-state index contributed by atoms with van der Waals surface area (Å²) in [6, 6.07) is 10.1. The van der Waals surface area contributed by atoms with Crippen LogP contribution < -0.4 is 10.9 Å². The van der Waals surface area contributed by atoms with Gasteiger partial charge in [0.1, 0.15) is 4.83 Å². The molecular formula is C18H17N3O2S2. The molecule has 1 amide bonds. The van der Waals surface area contributed by atoms with E-state index < -0.39 is 0 Å². The highest BCUT2D eigenvalue weighted by Gasteiger charge is 2.26. The molecule has 0 bridgehead atoms. The molecule has 1 aliphatic rings. The first-order valence-corrected chi connectivity index (χ1v) is 9.91. The van der Waals surface area contributed by atoms with E-state index >= 15 is 0 Å². The zero-order valence-corrected chi connectivity index (χ0v) is 15.2. The van der Waals surface area contributed by atoms with Crippen molar-refractivity contribution in [2.75, 3.05) is 0 Å². The number of rotatable bonds is 5. The standard InChI is InChI=1S/C18H17N3O2S2/c1-10(15(22)19-12-7-8-12)25-18-20-16(23)14-13(9-24-17(14)21-18)11-5-3-2-4-6-11/h2-6,9-10,12H,7-8H2,1H3,(H,19,22)(H,20,21,23). The molecule has 1 atom stereocenters. The van der Waals surface area contributed by atoms with Crippen LogP contribution >= 0.6 is 23.1 Å². The van der Waals surface area contributed by atoms with E-state index in [0.29, 0.717) is 21.4 Å². The summed E-state index contributed by atoms with van der Waals surface area (Å²) in [5.74, 6) is -0.00796. The van der Waals surface area contributed by atoms with Crippen molar-refractivity contribution in [3.8, 4) is 11.1 Å². The number of carbonyl (C=O) groups is 1. The van der Waals surface area contributed by atoms with Gasteiger partial charge in [0.25, 0.3) is 5.56 Å². The Morgan fingerprint density at radius 3 is 2.84 bits per heavy atom. The van der Waals surface area contributed by atoms with Crippen molar-refractivity contribution in [2.24, 2.45) is 0 Å². The van der Waals surface area contributed by atoms with Gasteiger partial charge in [-0.15, -0.1) is 11.3 Å². The van der Waals surface area contributed by atoms with E-state index in [1.165, 1.54) is 23.1 Å². The number of fused-ring (bicyclic) bond motifs is 1. The zero-order chi connectivity index (χ0) is 17.4. The molecule has 25 heavy (non-hydrogen) atoms. The Balaban J connectivity index is 1.62. The van der Waals surface area contributed by atoms with Crippen LogP contribution in [-0.4, -0.2) is 27.2 Å². The number of benzene rings is 1. The third-order valence-corrected chi connectivity index (χ3v) is 5.94. The van der Waals surface area contributed by atoms with E-state index in [1.807, 2.05) is 42.6 Å². The summed E-state index contributed by atoms with van der Waals surface area (Å²) in [4.78, 5) is 32.7. The van der Waals surface area contributed by atoms with Crippen LogP contribution in [0.1, 0.15) is 19.8 Å². The van der Waals surface area contributed by atoms with Gasteiger partial charge in [-0.2, -0.15) is 0 Å². The van der Waals surface area contributed by atoms with Gasteiger partial charge in [0.15, 0.2) is 5.16 Å². The maximum Gasteiger partial charge on any atom is 0.260 e. The van der Waals surface area contributed by atoms with Crippen LogP contribution in [0.2, 0.25) is 0 Å². The van der Waals surface area contributed by atoms with Crippen LogP contribution in [0.5, 0.6) is 0 Å².